The first kappa shape index (κ1) is 10.2. The largest absolute Gasteiger partial charge is 0.317 e. The Balaban J connectivity index is 0. The van der Waals surface area contributed by atoms with Gasteiger partial charge < -0.3 is 5.32 Å². The number of hydrogen-bond donors (Lipinski definition) is 2. The van der Waals surface area contributed by atoms with E-state index in [4.69, 9.17) is 0 Å². The summed E-state index contributed by atoms with van der Waals surface area (Å²) in [4.78, 5) is 0. The normalized spacial score (nSPS) is 6.86. The molecule has 0 heterocycles. The fourth-order valence-electron chi connectivity index (χ4n) is 0.250. The highest BCUT2D eigenvalue weighted by atomic mass is 35.5. The molecular formula is C4H13ClN2. The van der Waals surface area contributed by atoms with Crippen molar-refractivity contribution in [2.75, 3.05) is 13.1 Å². The molecule has 0 fully saturated rings. The molecule has 0 aliphatic heterocycles. The monoisotopic (exact) mass is 124 g/mol. The van der Waals surface area contributed by atoms with Crippen LogP contribution in [0.25, 0.3) is 0 Å². The predicted octanol–water partition coefficient (Wildman–Crippen LogP) is 0.715. The molecule has 0 aliphatic rings. The van der Waals surface area contributed by atoms with Crippen molar-refractivity contribution in [3.63, 3.8) is 0 Å². The Morgan fingerprint density at radius 2 is 1.57 bits per heavy atom. The molecule has 0 radical (unpaired) electrons. The van der Waals surface area contributed by atoms with Crippen LogP contribution in [0.3, 0.4) is 0 Å². The minimum atomic E-state index is 1.09. The van der Waals surface area contributed by atoms with E-state index in [1.807, 2.05) is 0 Å². The summed E-state index contributed by atoms with van der Waals surface area (Å²) in [7, 11) is 0. The standard InChI is InChI=1S/C4H11N.ClH2N/c1-3-5-4-2;1-2/h5H,3-4H2,1-2H3;2H2. The van der Waals surface area contributed by atoms with Crippen molar-refractivity contribution >= 4 is 11.8 Å². The predicted molar refractivity (Wildman–Crippen MR) is 34.3 cm³/mol. The van der Waals surface area contributed by atoms with E-state index in [9.17, 15) is 0 Å². The van der Waals surface area contributed by atoms with Crippen molar-refractivity contribution in [1.82, 2.24) is 5.32 Å². The highest BCUT2D eigenvalue weighted by Crippen LogP contribution is 1.47. The van der Waals surface area contributed by atoms with Crippen molar-refractivity contribution in [3.8, 4) is 0 Å². The summed E-state index contributed by atoms with van der Waals surface area (Å²) in [5.74, 6) is 0. The van der Waals surface area contributed by atoms with Gasteiger partial charge in [0.05, 0.1) is 0 Å². The molecule has 0 amide bonds. The van der Waals surface area contributed by atoms with Gasteiger partial charge in [-0.05, 0) is 24.9 Å². The molecule has 0 aromatic rings. The van der Waals surface area contributed by atoms with E-state index in [0.29, 0.717) is 0 Å². The van der Waals surface area contributed by atoms with Gasteiger partial charge in [0.15, 0.2) is 0 Å². The molecule has 0 aliphatic carbocycles. The molecule has 46 valence electrons. The lowest BCUT2D eigenvalue weighted by atomic mass is 10.7. The minimum absolute atomic E-state index is 1.09. The van der Waals surface area contributed by atoms with Crippen LogP contribution in [0.5, 0.6) is 0 Å². The van der Waals surface area contributed by atoms with Gasteiger partial charge in [0, 0.05) is 0 Å². The summed E-state index contributed by atoms with van der Waals surface area (Å²) >= 11 is 4.14. The number of nitrogens with one attached hydrogen (secondary N) is 1. The van der Waals surface area contributed by atoms with Gasteiger partial charge in [-0.25, -0.2) is 5.25 Å². The van der Waals surface area contributed by atoms with Crippen molar-refractivity contribution in [1.29, 1.82) is 0 Å². The van der Waals surface area contributed by atoms with Gasteiger partial charge in [0.1, 0.15) is 0 Å². The van der Waals surface area contributed by atoms with Crippen LogP contribution >= 0.6 is 11.8 Å². The van der Waals surface area contributed by atoms with Crippen LogP contribution in [-0.2, 0) is 0 Å². The van der Waals surface area contributed by atoms with Crippen LogP contribution in [0.1, 0.15) is 13.8 Å². The van der Waals surface area contributed by atoms with Gasteiger partial charge in [0.25, 0.3) is 0 Å². The third-order valence-electron chi connectivity index (χ3n) is 0.500. The van der Waals surface area contributed by atoms with Crippen molar-refractivity contribution < 1.29 is 0 Å². The van der Waals surface area contributed by atoms with Gasteiger partial charge in [0.2, 0.25) is 0 Å². The topological polar surface area (TPSA) is 38.0 Å². The van der Waals surface area contributed by atoms with Gasteiger partial charge >= 0.3 is 0 Å². The average molecular weight is 125 g/mol. The molecule has 0 saturated heterocycles. The summed E-state index contributed by atoms with van der Waals surface area (Å²) in [5.41, 5.74) is 0. The lowest BCUT2D eigenvalue weighted by molar-refractivity contribution is 0.762. The summed E-state index contributed by atoms with van der Waals surface area (Å²) in [6.45, 7) is 6.39. The Morgan fingerprint density at radius 1 is 1.29 bits per heavy atom. The Bertz CT molecular complexity index is 17.2. The molecule has 0 spiro atoms. The van der Waals surface area contributed by atoms with E-state index in [0.717, 1.165) is 13.1 Å². The smallest absolute Gasteiger partial charge is 0.00775 e. The molecular weight excluding hydrogens is 112 g/mol. The quantitative estimate of drug-likeness (QED) is 0.533. The van der Waals surface area contributed by atoms with E-state index in [1.54, 1.807) is 0 Å². The van der Waals surface area contributed by atoms with Gasteiger partial charge in [-0.2, -0.15) is 0 Å². The molecule has 0 atom stereocenters. The Kier molecular flexibility index (Phi) is 23.9. The summed E-state index contributed by atoms with van der Waals surface area (Å²) in [6, 6.07) is 0. The van der Waals surface area contributed by atoms with Crippen molar-refractivity contribution in [2.24, 2.45) is 5.25 Å². The number of halogens is 1. The molecule has 2 nitrogen and oxygen atoms in total. The van der Waals surface area contributed by atoms with E-state index < -0.39 is 0 Å². The van der Waals surface area contributed by atoms with Crippen LogP contribution < -0.4 is 10.6 Å². The maximum absolute atomic E-state index is 4.14. The molecule has 0 rings (SSSR count). The first-order chi connectivity index (χ1) is 3.41. The Labute approximate surface area is 50.1 Å². The Hall–Kier alpha value is 0.210. The van der Waals surface area contributed by atoms with E-state index >= 15 is 0 Å². The van der Waals surface area contributed by atoms with Crippen molar-refractivity contribution in [2.45, 2.75) is 13.8 Å². The molecule has 0 aromatic heterocycles. The first-order valence-corrected chi connectivity index (χ1v) is 2.78. The van der Waals surface area contributed by atoms with Crippen molar-refractivity contribution in [3.05, 3.63) is 0 Å². The van der Waals surface area contributed by atoms with E-state index in [-0.39, 0.29) is 0 Å². The highest BCUT2D eigenvalue weighted by molar-refractivity contribution is 6.11. The summed E-state index contributed by atoms with van der Waals surface area (Å²) in [6.07, 6.45) is 0. The molecule has 0 saturated carbocycles. The zero-order valence-electron chi connectivity index (χ0n) is 4.87. The molecule has 3 heteroatoms. The first-order valence-electron chi connectivity index (χ1n) is 2.34. The van der Waals surface area contributed by atoms with Crippen LogP contribution in [0.4, 0.5) is 0 Å². The third-order valence-corrected chi connectivity index (χ3v) is 0.500. The maximum atomic E-state index is 4.14. The lowest BCUT2D eigenvalue weighted by Gasteiger charge is -1.86. The SMILES string of the molecule is CCNCC.NCl. The Morgan fingerprint density at radius 3 is 1.57 bits per heavy atom. The molecule has 3 N–H and O–H groups in total. The second kappa shape index (κ2) is 16.4. The van der Waals surface area contributed by atoms with Crippen LogP contribution in [0.2, 0.25) is 0 Å². The van der Waals surface area contributed by atoms with Crippen LogP contribution in [-0.4, -0.2) is 13.1 Å². The van der Waals surface area contributed by atoms with Gasteiger partial charge in [-0.1, -0.05) is 13.8 Å². The number of rotatable bonds is 2. The molecule has 0 aromatic carbocycles. The lowest BCUT2D eigenvalue weighted by Crippen LogP contribution is -2.09. The van der Waals surface area contributed by atoms with Crippen LogP contribution in [0.15, 0.2) is 0 Å². The highest BCUT2D eigenvalue weighted by Gasteiger charge is 1.62. The number of hydrogen-bond acceptors (Lipinski definition) is 2. The molecule has 0 bridgehead atoms. The zero-order valence-corrected chi connectivity index (χ0v) is 5.63. The van der Waals surface area contributed by atoms with Crippen LogP contribution in [0, 0.1) is 0 Å². The average Bonchev–Trinajstić information content (AvgIpc) is 1.75. The number of nitrogens with two attached hydrogens (primary N) is 1. The van der Waals surface area contributed by atoms with Gasteiger partial charge in [-0.3, -0.25) is 0 Å². The second-order valence-electron chi connectivity index (χ2n) is 0.957. The summed E-state index contributed by atoms with van der Waals surface area (Å²) in [5, 5.41) is 7.08. The fourth-order valence-corrected chi connectivity index (χ4v) is 0.250. The molecule has 0 unspecified atom stereocenters. The maximum Gasteiger partial charge on any atom is -0.00775 e. The fraction of sp³-hybridized carbons (Fsp3) is 1.00. The van der Waals surface area contributed by atoms with E-state index in [1.165, 1.54) is 0 Å². The molecule has 7 heavy (non-hydrogen) atoms. The minimum Gasteiger partial charge on any atom is -0.317 e. The second-order valence-corrected chi connectivity index (χ2v) is 0.957. The van der Waals surface area contributed by atoms with E-state index in [2.05, 4.69) is 36.2 Å². The zero-order chi connectivity index (χ0) is 6.12. The summed E-state index contributed by atoms with van der Waals surface area (Å²) < 4.78 is 0. The van der Waals surface area contributed by atoms with Gasteiger partial charge in [-0.15, -0.1) is 0 Å². The third kappa shape index (κ3) is 22.5.